The molecule has 7 nitrogen and oxygen atoms in total. The first kappa shape index (κ1) is 20.2. The predicted octanol–water partition coefficient (Wildman–Crippen LogP) is 0.355. The number of piperidine rings is 1. The molecule has 2 amide bonds. The molecule has 2 unspecified atom stereocenters. The lowest BCUT2D eigenvalue weighted by Gasteiger charge is -2.37. The number of rotatable bonds is 5. The molecule has 0 aliphatic carbocycles. The highest BCUT2D eigenvalue weighted by Crippen LogP contribution is 2.22. The van der Waals surface area contributed by atoms with E-state index in [9.17, 15) is 18.0 Å². The van der Waals surface area contributed by atoms with Crippen molar-refractivity contribution in [1.82, 2.24) is 14.7 Å². The van der Waals surface area contributed by atoms with Crippen LogP contribution in [0.1, 0.15) is 39.0 Å². The average molecular weight is 374 g/mol. The van der Waals surface area contributed by atoms with E-state index < -0.39 is 21.7 Å². The van der Waals surface area contributed by atoms with E-state index in [1.54, 1.807) is 4.90 Å². The van der Waals surface area contributed by atoms with E-state index in [1.165, 1.54) is 4.90 Å². The van der Waals surface area contributed by atoms with Crippen LogP contribution in [0.15, 0.2) is 0 Å². The summed E-state index contributed by atoms with van der Waals surface area (Å²) < 4.78 is 23.7. The molecule has 0 aromatic heterocycles. The van der Waals surface area contributed by atoms with Crippen molar-refractivity contribution in [3.63, 3.8) is 0 Å². The molecule has 2 heterocycles. The molecule has 2 rings (SSSR count). The van der Waals surface area contributed by atoms with Crippen molar-refractivity contribution in [2.24, 2.45) is 0 Å². The molecule has 0 radical (unpaired) electrons. The SMILES string of the molecule is CCC1CCCCN1C(=O)C(=O)N(CCN(C)C)C1CCS(=O)(=O)C1. The fraction of sp³-hybridized carbons (Fsp3) is 0.882. The minimum absolute atomic E-state index is 0.0311. The van der Waals surface area contributed by atoms with Gasteiger partial charge in [-0.25, -0.2) is 8.42 Å². The van der Waals surface area contributed by atoms with Gasteiger partial charge < -0.3 is 14.7 Å². The fourth-order valence-electron chi connectivity index (χ4n) is 3.72. The highest BCUT2D eigenvalue weighted by atomic mass is 32.2. The first-order valence-corrected chi connectivity index (χ1v) is 11.0. The number of carbonyl (C=O) groups is 2. The second kappa shape index (κ2) is 8.49. The summed E-state index contributed by atoms with van der Waals surface area (Å²) in [5, 5.41) is 0. The summed E-state index contributed by atoms with van der Waals surface area (Å²) in [6, 6.07) is -0.264. The Hall–Kier alpha value is -1.15. The van der Waals surface area contributed by atoms with Crippen LogP contribution in [0.4, 0.5) is 0 Å². The third-order valence-corrected chi connectivity index (χ3v) is 6.99. The molecular weight excluding hydrogens is 342 g/mol. The molecule has 2 aliphatic heterocycles. The summed E-state index contributed by atoms with van der Waals surface area (Å²) in [5.74, 6) is -0.936. The van der Waals surface area contributed by atoms with Gasteiger partial charge in [0.05, 0.1) is 11.5 Å². The Morgan fingerprint density at radius 2 is 1.84 bits per heavy atom. The van der Waals surface area contributed by atoms with Crippen molar-refractivity contribution in [2.45, 2.75) is 51.1 Å². The van der Waals surface area contributed by atoms with Gasteiger partial charge in [-0.3, -0.25) is 9.59 Å². The highest BCUT2D eigenvalue weighted by molar-refractivity contribution is 7.91. The first-order chi connectivity index (χ1) is 11.7. The topological polar surface area (TPSA) is 78.0 Å². The average Bonchev–Trinajstić information content (AvgIpc) is 2.93. The van der Waals surface area contributed by atoms with Gasteiger partial charge in [0.25, 0.3) is 0 Å². The van der Waals surface area contributed by atoms with Gasteiger partial charge in [0, 0.05) is 31.7 Å². The molecule has 2 aliphatic rings. The second-order valence-electron chi connectivity index (χ2n) is 7.42. The van der Waals surface area contributed by atoms with Gasteiger partial charge in [-0.05, 0) is 46.2 Å². The van der Waals surface area contributed by atoms with Crippen LogP contribution in [0.2, 0.25) is 0 Å². The largest absolute Gasteiger partial charge is 0.331 e. The maximum absolute atomic E-state index is 12.9. The summed E-state index contributed by atoms with van der Waals surface area (Å²) in [6.45, 7) is 3.64. The Balaban J connectivity index is 2.14. The second-order valence-corrected chi connectivity index (χ2v) is 9.64. The highest BCUT2D eigenvalue weighted by Gasteiger charge is 2.39. The Morgan fingerprint density at radius 1 is 1.12 bits per heavy atom. The van der Waals surface area contributed by atoms with Crippen molar-refractivity contribution >= 4 is 21.7 Å². The molecule has 2 fully saturated rings. The van der Waals surface area contributed by atoms with Crippen LogP contribution in [0, 0.1) is 0 Å². The molecule has 2 saturated heterocycles. The molecule has 0 saturated carbocycles. The van der Waals surface area contributed by atoms with Gasteiger partial charge in [-0.15, -0.1) is 0 Å². The smallest absolute Gasteiger partial charge is 0.312 e. The standard InChI is InChI=1S/C17H31N3O4S/c1-4-14-7-5-6-9-19(14)16(21)17(22)20(11-10-18(2)3)15-8-12-25(23,24)13-15/h14-15H,4-13H2,1-3H3. The predicted molar refractivity (Wildman–Crippen MR) is 97.0 cm³/mol. The van der Waals surface area contributed by atoms with E-state index in [0.717, 1.165) is 25.7 Å². The van der Waals surface area contributed by atoms with Crippen molar-refractivity contribution < 1.29 is 18.0 Å². The van der Waals surface area contributed by atoms with E-state index in [2.05, 4.69) is 0 Å². The molecule has 0 bridgehead atoms. The summed E-state index contributed by atoms with van der Waals surface area (Å²) in [7, 11) is 0.682. The van der Waals surface area contributed by atoms with Gasteiger partial charge >= 0.3 is 11.8 Å². The third kappa shape index (κ3) is 5.17. The van der Waals surface area contributed by atoms with Crippen molar-refractivity contribution in [3.8, 4) is 0 Å². The van der Waals surface area contributed by atoms with Crippen LogP contribution in [-0.4, -0.2) is 92.3 Å². The van der Waals surface area contributed by atoms with Gasteiger partial charge in [0.2, 0.25) is 0 Å². The number of hydrogen-bond acceptors (Lipinski definition) is 5. The number of carbonyl (C=O) groups excluding carboxylic acids is 2. The zero-order valence-corrected chi connectivity index (χ0v) is 16.4. The number of likely N-dealkylation sites (N-methyl/N-ethyl adjacent to an activating group) is 1. The Morgan fingerprint density at radius 3 is 2.40 bits per heavy atom. The molecule has 0 aromatic carbocycles. The molecular formula is C17H31N3O4S. The lowest BCUT2D eigenvalue weighted by Crippen LogP contribution is -2.54. The number of sulfone groups is 1. The zero-order chi connectivity index (χ0) is 18.6. The summed E-state index contributed by atoms with van der Waals surface area (Å²) in [5.41, 5.74) is 0. The lowest BCUT2D eigenvalue weighted by atomic mass is 10.00. The van der Waals surface area contributed by atoms with Gasteiger partial charge in [0.1, 0.15) is 0 Å². The molecule has 2 atom stereocenters. The van der Waals surface area contributed by atoms with E-state index in [1.807, 2.05) is 25.9 Å². The van der Waals surface area contributed by atoms with Crippen LogP contribution in [0.25, 0.3) is 0 Å². The molecule has 0 spiro atoms. The van der Waals surface area contributed by atoms with Gasteiger partial charge in [0.15, 0.2) is 9.84 Å². The first-order valence-electron chi connectivity index (χ1n) is 9.22. The summed E-state index contributed by atoms with van der Waals surface area (Å²) in [6.07, 6.45) is 4.21. The van der Waals surface area contributed by atoms with E-state index in [4.69, 9.17) is 0 Å². The normalized spacial score (nSPS) is 26.0. The minimum Gasteiger partial charge on any atom is -0.331 e. The van der Waals surface area contributed by atoms with Crippen LogP contribution in [-0.2, 0) is 19.4 Å². The molecule has 0 aromatic rings. The summed E-state index contributed by atoms with van der Waals surface area (Å²) >= 11 is 0. The lowest BCUT2D eigenvalue weighted by molar-refractivity contribution is -0.155. The van der Waals surface area contributed by atoms with Crippen molar-refractivity contribution in [1.29, 1.82) is 0 Å². The maximum Gasteiger partial charge on any atom is 0.312 e. The zero-order valence-electron chi connectivity index (χ0n) is 15.6. The van der Waals surface area contributed by atoms with Crippen LogP contribution in [0.5, 0.6) is 0 Å². The molecule has 144 valence electrons. The molecule has 25 heavy (non-hydrogen) atoms. The van der Waals surface area contributed by atoms with Gasteiger partial charge in [-0.2, -0.15) is 0 Å². The van der Waals surface area contributed by atoms with Crippen molar-refractivity contribution in [2.75, 3.05) is 45.2 Å². The van der Waals surface area contributed by atoms with Gasteiger partial charge in [-0.1, -0.05) is 6.92 Å². The monoisotopic (exact) mass is 373 g/mol. The number of hydrogen-bond donors (Lipinski definition) is 0. The fourth-order valence-corrected chi connectivity index (χ4v) is 5.45. The van der Waals surface area contributed by atoms with Crippen LogP contribution in [0.3, 0.4) is 0 Å². The number of likely N-dealkylation sites (tertiary alicyclic amines) is 1. The summed E-state index contributed by atoms with van der Waals surface area (Å²) in [4.78, 5) is 30.9. The Labute approximate surface area is 151 Å². The number of nitrogens with zero attached hydrogens (tertiary/aromatic N) is 3. The molecule has 0 N–H and O–H groups in total. The van der Waals surface area contributed by atoms with Crippen LogP contribution < -0.4 is 0 Å². The minimum atomic E-state index is -3.11. The Bertz CT molecular complexity index is 591. The quantitative estimate of drug-likeness (QED) is 0.650. The third-order valence-electron chi connectivity index (χ3n) is 5.24. The van der Waals surface area contributed by atoms with E-state index in [0.29, 0.717) is 26.1 Å². The van der Waals surface area contributed by atoms with Crippen LogP contribution >= 0.6 is 0 Å². The Kier molecular flexibility index (Phi) is 6.85. The van der Waals surface area contributed by atoms with Crippen molar-refractivity contribution in [3.05, 3.63) is 0 Å². The van der Waals surface area contributed by atoms with E-state index >= 15 is 0 Å². The van der Waals surface area contributed by atoms with E-state index in [-0.39, 0.29) is 23.6 Å². The molecule has 8 heteroatoms. The maximum atomic E-state index is 12.9. The number of amides is 2.